The van der Waals surface area contributed by atoms with Gasteiger partial charge in [0, 0.05) is 30.6 Å². The maximum atomic E-state index is 12.6. The van der Waals surface area contributed by atoms with Gasteiger partial charge in [0.15, 0.2) is 5.82 Å². The van der Waals surface area contributed by atoms with Crippen LogP contribution in [0.25, 0.3) is 11.5 Å². The first-order valence-electron chi connectivity index (χ1n) is 10.7. The van der Waals surface area contributed by atoms with Gasteiger partial charge in [-0.15, -0.1) is 0 Å². The van der Waals surface area contributed by atoms with Gasteiger partial charge in [-0.25, -0.2) is 15.0 Å². The molecule has 2 N–H and O–H groups in total. The summed E-state index contributed by atoms with van der Waals surface area (Å²) in [6.45, 7) is 0.223. The van der Waals surface area contributed by atoms with Gasteiger partial charge in [-0.2, -0.15) is 0 Å². The van der Waals surface area contributed by atoms with Gasteiger partial charge < -0.3 is 24.8 Å². The summed E-state index contributed by atoms with van der Waals surface area (Å²) >= 11 is 0. The van der Waals surface area contributed by atoms with E-state index in [4.69, 9.17) is 24.5 Å². The first-order chi connectivity index (χ1) is 16.1. The van der Waals surface area contributed by atoms with Crippen LogP contribution < -0.4 is 19.7 Å². The zero-order chi connectivity index (χ0) is 23.2. The number of hydrogen-bond donors (Lipinski definition) is 2. The molecule has 0 unspecified atom stereocenters. The molecule has 0 saturated carbocycles. The Labute approximate surface area is 191 Å². The molecule has 1 amide bonds. The third-order valence-corrected chi connectivity index (χ3v) is 5.21. The molecular weight excluding hydrogens is 424 g/mol. The van der Waals surface area contributed by atoms with E-state index in [1.165, 1.54) is 0 Å². The van der Waals surface area contributed by atoms with Gasteiger partial charge in [-0.05, 0) is 37.5 Å². The molecule has 0 bridgehead atoms. The Morgan fingerprint density at radius 1 is 1.18 bits per heavy atom. The van der Waals surface area contributed by atoms with Crippen LogP contribution in [0.1, 0.15) is 17.7 Å². The molecule has 0 aliphatic heterocycles. The molecule has 10 heteroatoms. The zero-order valence-electron chi connectivity index (χ0n) is 18.6. The van der Waals surface area contributed by atoms with E-state index in [9.17, 15) is 4.79 Å². The summed E-state index contributed by atoms with van der Waals surface area (Å²) in [4.78, 5) is 32.5. The Bertz CT molecular complexity index is 1120. The van der Waals surface area contributed by atoms with Gasteiger partial charge >= 0.3 is 0 Å². The molecule has 3 aromatic heterocycles. The highest BCUT2D eigenvalue weighted by atomic mass is 16.5. The molecule has 1 aliphatic carbocycles. The smallest absolute Gasteiger partial charge is 0.245 e. The van der Waals surface area contributed by atoms with Crippen LogP contribution in [-0.2, 0) is 17.6 Å². The van der Waals surface area contributed by atoms with Gasteiger partial charge in [0.25, 0.3) is 0 Å². The highest BCUT2D eigenvalue weighted by Crippen LogP contribution is 2.31. The fourth-order valence-electron chi connectivity index (χ4n) is 3.68. The molecule has 0 aromatic carbocycles. The Morgan fingerprint density at radius 3 is 2.82 bits per heavy atom. The van der Waals surface area contributed by atoms with Crippen LogP contribution in [0.4, 0.5) is 11.6 Å². The van der Waals surface area contributed by atoms with Crippen LogP contribution in [-0.4, -0.2) is 64.9 Å². The minimum atomic E-state index is -0.209. The number of methoxy groups -OCH3 is 1. The molecule has 10 nitrogen and oxygen atoms in total. The zero-order valence-corrected chi connectivity index (χ0v) is 18.6. The second kappa shape index (κ2) is 10.2. The Hall–Kier alpha value is -3.79. The van der Waals surface area contributed by atoms with E-state index in [2.05, 4.69) is 15.3 Å². The summed E-state index contributed by atoms with van der Waals surface area (Å²) in [5.41, 5.74) is 2.61. The number of fused-ring (bicyclic) bond motifs is 1. The van der Waals surface area contributed by atoms with Crippen LogP contribution >= 0.6 is 0 Å². The minimum Gasteiger partial charge on any atom is -0.495 e. The lowest BCUT2D eigenvalue weighted by molar-refractivity contribution is -0.115. The molecule has 0 saturated heterocycles. The van der Waals surface area contributed by atoms with Crippen molar-refractivity contribution in [1.29, 1.82) is 0 Å². The van der Waals surface area contributed by atoms with Gasteiger partial charge in [-0.1, -0.05) is 0 Å². The number of amides is 1. The lowest BCUT2D eigenvalue weighted by atomic mass is 10.2. The number of hydrogen-bond acceptors (Lipinski definition) is 9. The molecular formula is C23H26N6O4. The minimum absolute atomic E-state index is 0.0734. The van der Waals surface area contributed by atoms with Gasteiger partial charge in [0.2, 0.25) is 5.91 Å². The number of likely N-dealkylation sites (N-methyl/N-ethyl adjacent to an activating group) is 1. The van der Waals surface area contributed by atoms with Gasteiger partial charge in [-0.3, -0.25) is 9.78 Å². The molecule has 0 radical (unpaired) electrons. The van der Waals surface area contributed by atoms with Crippen molar-refractivity contribution in [1.82, 2.24) is 19.9 Å². The predicted molar refractivity (Wildman–Crippen MR) is 123 cm³/mol. The van der Waals surface area contributed by atoms with Crippen LogP contribution in [0.15, 0.2) is 36.7 Å². The number of nitrogens with zero attached hydrogens (tertiary/aromatic N) is 5. The van der Waals surface area contributed by atoms with E-state index < -0.39 is 0 Å². The average molecular weight is 450 g/mol. The molecule has 1 aliphatic rings. The van der Waals surface area contributed by atoms with Crippen molar-refractivity contribution in [3.63, 3.8) is 0 Å². The van der Waals surface area contributed by atoms with Gasteiger partial charge in [0.05, 0.1) is 26.5 Å². The highest BCUT2D eigenvalue weighted by molar-refractivity contribution is 5.93. The van der Waals surface area contributed by atoms with Crippen molar-refractivity contribution in [3.8, 4) is 23.0 Å². The Balaban J connectivity index is 1.54. The number of nitrogens with one attached hydrogen (secondary N) is 1. The predicted octanol–water partition coefficient (Wildman–Crippen LogP) is 1.88. The maximum Gasteiger partial charge on any atom is 0.245 e. The molecule has 0 fully saturated rings. The molecule has 3 aromatic rings. The van der Waals surface area contributed by atoms with Crippen molar-refractivity contribution in [2.45, 2.75) is 19.3 Å². The number of pyridine rings is 2. The highest BCUT2D eigenvalue weighted by Gasteiger charge is 2.23. The number of carbonyl (C=O) groups excluding carboxylic acids is 1. The molecule has 33 heavy (non-hydrogen) atoms. The molecule has 4 rings (SSSR count). The lowest BCUT2D eigenvalue weighted by Gasteiger charge is -2.21. The topological polar surface area (TPSA) is 123 Å². The first kappa shape index (κ1) is 22.4. The van der Waals surface area contributed by atoms with Crippen LogP contribution in [0, 0.1) is 0 Å². The average Bonchev–Trinajstić information content (AvgIpc) is 3.31. The summed E-state index contributed by atoms with van der Waals surface area (Å²) in [5.74, 6) is 2.64. The van der Waals surface area contributed by atoms with E-state index in [1.54, 1.807) is 43.8 Å². The number of aryl methyl sites for hydroxylation is 1. The number of anilines is 2. The van der Waals surface area contributed by atoms with Crippen molar-refractivity contribution in [2.24, 2.45) is 0 Å². The third kappa shape index (κ3) is 5.35. The second-order valence-electron chi connectivity index (χ2n) is 7.59. The lowest BCUT2D eigenvalue weighted by Crippen LogP contribution is -2.31. The number of ether oxygens (including phenoxy) is 2. The number of aliphatic hydroxyl groups excluding tert-OH is 1. The van der Waals surface area contributed by atoms with E-state index >= 15 is 0 Å². The van der Waals surface area contributed by atoms with Crippen LogP contribution in [0.2, 0.25) is 0 Å². The fourth-order valence-corrected chi connectivity index (χ4v) is 3.68. The summed E-state index contributed by atoms with van der Waals surface area (Å²) in [5, 5.41) is 11.8. The van der Waals surface area contributed by atoms with Crippen molar-refractivity contribution >= 4 is 17.5 Å². The number of carbonyl (C=O) groups is 1. The second-order valence-corrected chi connectivity index (χ2v) is 7.59. The van der Waals surface area contributed by atoms with Crippen molar-refractivity contribution < 1.29 is 19.4 Å². The maximum absolute atomic E-state index is 12.6. The Kier molecular flexibility index (Phi) is 6.94. The summed E-state index contributed by atoms with van der Waals surface area (Å²) in [6, 6.07) is 6.89. The standard InChI is InChI=1S/C23H26N6O4/c1-29(14-21(31)27-20-7-6-16(32-2)13-25-20)23-17-4-3-5-18(17)26-22(28-23)19-12-15(8-9-24-19)33-11-10-30/h6-9,12-13,30H,3-5,10-11,14H2,1-2H3,(H,25,27,31). The van der Waals surface area contributed by atoms with Crippen molar-refractivity contribution in [2.75, 3.05) is 44.1 Å². The van der Waals surface area contributed by atoms with E-state index in [0.29, 0.717) is 34.7 Å². The number of aromatic nitrogens is 4. The van der Waals surface area contributed by atoms with E-state index in [-0.39, 0.29) is 25.7 Å². The van der Waals surface area contributed by atoms with Crippen molar-refractivity contribution in [3.05, 3.63) is 47.9 Å². The fraction of sp³-hybridized carbons (Fsp3) is 0.348. The largest absolute Gasteiger partial charge is 0.495 e. The SMILES string of the molecule is COc1ccc(NC(=O)CN(C)c2nc(-c3cc(OCCO)ccn3)nc3c2CCC3)nc1. The third-order valence-electron chi connectivity index (χ3n) is 5.21. The van der Waals surface area contributed by atoms with Gasteiger partial charge in [0.1, 0.15) is 35.4 Å². The molecule has 0 spiro atoms. The number of aliphatic hydroxyl groups is 1. The van der Waals surface area contributed by atoms with E-state index in [1.807, 2.05) is 11.9 Å². The summed E-state index contributed by atoms with van der Waals surface area (Å²) < 4.78 is 10.6. The molecule has 172 valence electrons. The van der Waals surface area contributed by atoms with Crippen LogP contribution in [0.3, 0.4) is 0 Å². The summed E-state index contributed by atoms with van der Waals surface area (Å²) in [7, 11) is 3.40. The quantitative estimate of drug-likeness (QED) is 0.503. The monoisotopic (exact) mass is 450 g/mol. The number of rotatable bonds is 9. The Morgan fingerprint density at radius 2 is 2.06 bits per heavy atom. The normalized spacial score (nSPS) is 12.2. The molecule has 3 heterocycles. The molecule has 0 atom stereocenters. The van der Waals surface area contributed by atoms with Crippen LogP contribution in [0.5, 0.6) is 11.5 Å². The van der Waals surface area contributed by atoms with E-state index in [0.717, 1.165) is 30.5 Å². The summed E-state index contributed by atoms with van der Waals surface area (Å²) in [6.07, 6.45) is 5.88. The first-order valence-corrected chi connectivity index (χ1v) is 10.7.